The first kappa shape index (κ1) is 24.5. The molecule has 36 heavy (non-hydrogen) atoms. The van der Waals surface area contributed by atoms with E-state index in [1.54, 1.807) is 25.3 Å². The molecule has 5 rings (SSSR count). The number of pyridine rings is 1. The van der Waals surface area contributed by atoms with Gasteiger partial charge in [-0.1, -0.05) is 29.4 Å². The molecule has 0 saturated heterocycles. The van der Waals surface area contributed by atoms with Gasteiger partial charge >= 0.3 is 0 Å². The Morgan fingerprint density at radius 1 is 1.14 bits per heavy atom. The lowest BCUT2D eigenvalue weighted by molar-refractivity contribution is -0.906. The topological polar surface area (TPSA) is 51.2 Å². The number of fused-ring (bicyclic) bond motifs is 1. The van der Waals surface area contributed by atoms with Crippen molar-refractivity contribution in [1.29, 1.82) is 0 Å². The first-order chi connectivity index (χ1) is 17.4. The van der Waals surface area contributed by atoms with E-state index in [1.165, 1.54) is 23.9 Å². The van der Waals surface area contributed by atoms with Gasteiger partial charge in [-0.15, -0.1) is 0 Å². The molecule has 0 amide bonds. The van der Waals surface area contributed by atoms with Crippen LogP contribution in [0.1, 0.15) is 41.3 Å². The lowest BCUT2D eigenvalue weighted by Gasteiger charge is -2.25. The number of rotatable bonds is 6. The van der Waals surface area contributed by atoms with Crippen molar-refractivity contribution in [2.75, 3.05) is 7.11 Å². The number of hydrogen-bond donors (Lipinski definition) is 1. The average molecular weight is 533 g/mol. The summed E-state index contributed by atoms with van der Waals surface area (Å²) >= 11 is 7.43. The fourth-order valence-corrected chi connectivity index (χ4v) is 5.83. The monoisotopic (exact) mass is 532 g/mol. The standard InChI is InChI=1S/C26H22ClF3N3O2S/c1-35-24-11-15(5-10-20(24)27)18-3-2-4-23-25(18)33(17-8-6-16(28)7-9-17)26(31-23)36-14-19-21(29)12-32(34)13-22(19)30/h5-13,18,34H,2-4,14H2,1H3/q+1. The third kappa shape index (κ3) is 4.65. The Morgan fingerprint density at radius 3 is 2.56 bits per heavy atom. The van der Waals surface area contributed by atoms with Crippen LogP contribution in [0.2, 0.25) is 5.02 Å². The van der Waals surface area contributed by atoms with Crippen molar-refractivity contribution in [3.63, 3.8) is 0 Å². The molecule has 1 atom stereocenters. The summed E-state index contributed by atoms with van der Waals surface area (Å²) in [5.74, 6) is -1.60. The van der Waals surface area contributed by atoms with E-state index in [0.29, 0.717) is 26.3 Å². The van der Waals surface area contributed by atoms with Gasteiger partial charge < -0.3 is 4.74 Å². The predicted octanol–water partition coefficient (Wildman–Crippen LogP) is 6.24. The molecule has 0 radical (unpaired) electrons. The Labute approximate surface area is 215 Å². The summed E-state index contributed by atoms with van der Waals surface area (Å²) in [4.78, 5) is 4.85. The van der Waals surface area contributed by atoms with Crippen molar-refractivity contribution in [1.82, 2.24) is 9.55 Å². The Morgan fingerprint density at radius 2 is 1.86 bits per heavy atom. The molecule has 2 heterocycles. The molecular formula is C26H22ClF3N3O2S+. The molecule has 5 nitrogen and oxygen atoms in total. The summed E-state index contributed by atoms with van der Waals surface area (Å²) in [7, 11) is 1.56. The van der Waals surface area contributed by atoms with Gasteiger partial charge in [-0.25, -0.2) is 9.37 Å². The van der Waals surface area contributed by atoms with Gasteiger partial charge in [0.2, 0.25) is 0 Å². The smallest absolute Gasteiger partial charge is 0.258 e. The lowest BCUT2D eigenvalue weighted by atomic mass is 9.84. The second-order valence-electron chi connectivity index (χ2n) is 8.48. The highest BCUT2D eigenvalue weighted by Crippen LogP contribution is 2.42. The van der Waals surface area contributed by atoms with Crippen molar-refractivity contribution in [3.8, 4) is 11.4 Å². The lowest BCUT2D eigenvalue weighted by Crippen LogP contribution is -2.31. The van der Waals surface area contributed by atoms with E-state index in [2.05, 4.69) is 0 Å². The van der Waals surface area contributed by atoms with Crippen molar-refractivity contribution in [2.24, 2.45) is 0 Å². The van der Waals surface area contributed by atoms with E-state index in [4.69, 9.17) is 21.3 Å². The molecule has 0 bridgehead atoms. The molecule has 1 N–H and O–H groups in total. The van der Waals surface area contributed by atoms with E-state index >= 15 is 0 Å². The average Bonchev–Trinajstić information content (AvgIpc) is 3.23. The molecule has 0 aliphatic heterocycles. The maximum atomic E-state index is 14.4. The zero-order valence-corrected chi connectivity index (χ0v) is 20.8. The first-order valence-corrected chi connectivity index (χ1v) is 12.6. The van der Waals surface area contributed by atoms with Crippen LogP contribution in [0.25, 0.3) is 5.69 Å². The minimum absolute atomic E-state index is 0.0367. The maximum Gasteiger partial charge on any atom is 0.258 e. The Bertz CT molecular complexity index is 1410. The predicted molar refractivity (Wildman–Crippen MR) is 130 cm³/mol. The third-order valence-electron chi connectivity index (χ3n) is 6.27. The SMILES string of the molecule is COc1cc(C2CCCc3nc(SCc4c(F)c[n+](O)cc4F)n(-c4ccc(F)cc4)c32)ccc1Cl. The van der Waals surface area contributed by atoms with Gasteiger partial charge in [-0.3, -0.25) is 9.77 Å². The van der Waals surface area contributed by atoms with Gasteiger partial charge in [0.15, 0.2) is 16.8 Å². The number of methoxy groups -OCH3 is 1. The van der Waals surface area contributed by atoms with Crippen LogP contribution in [0.15, 0.2) is 60.0 Å². The molecule has 1 aliphatic rings. The Balaban J connectivity index is 1.61. The van der Waals surface area contributed by atoms with Gasteiger partial charge in [-0.2, -0.15) is 8.78 Å². The summed E-state index contributed by atoms with van der Waals surface area (Å²) in [6, 6.07) is 11.7. The number of aryl methyl sites for hydroxylation is 1. The van der Waals surface area contributed by atoms with Gasteiger partial charge in [0.25, 0.3) is 12.4 Å². The fourth-order valence-electron chi connectivity index (χ4n) is 4.57. The van der Waals surface area contributed by atoms with Crippen LogP contribution >= 0.6 is 23.4 Å². The van der Waals surface area contributed by atoms with Crippen LogP contribution in [0.5, 0.6) is 5.75 Å². The molecular weight excluding hydrogens is 511 g/mol. The molecule has 0 saturated carbocycles. The Hall–Kier alpha value is -3.17. The number of ether oxygens (including phenoxy) is 1. The second kappa shape index (κ2) is 10.1. The highest BCUT2D eigenvalue weighted by Gasteiger charge is 2.31. The third-order valence-corrected chi connectivity index (χ3v) is 7.55. The number of thioether (sulfide) groups is 1. The maximum absolute atomic E-state index is 14.4. The zero-order chi connectivity index (χ0) is 25.4. The van der Waals surface area contributed by atoms with E-state index in [9.17, 15) is 18.4 Å². The summed E-state index contributed by atoms with van der Waals surface area (Å²) in [6.45, 7) is 0. The van der Waals surface area contributed by atoms with Crippen molar-refractivity contribution in [2.45, 2.75) is 36.1 Å². The van der Waals surface area contributed by atoms with Gasteiger partial charge in [-0.05, 0) is 61.2 Å². The summed E-state index contributed by atoms with van der Waals surface area (Å²) in [6.07, 6.45) is 4.12. The largest absolute Gasteiger partial charge is 0.495 e. The van der Waals surface area contributed by atoms with Crippen molar-refractivity contribution >= 4 is 23.4 Å². The molecule has 0 spiro atoms. The van der Waals surface area contributed by atoms with Crippen LogP contribution in [0.3, 0.4) is 0 Å². The molecule has 1 unspecified atom stereocenters. The molecule has 186 valence electrons. The molecule has 4 aromatic rings. The molecule has 2 aromatic carbocycles. The normalized spacial score (nSPS) is 15.1. The number of halogens is 4. The van der Waals surface area contributed by atoms with Crippen LogP contribution in [-0.2, 0) is 12.2 Å². The van der Waals surface area contributed by atoms with Gasteiger partial charge in [0.05, 0.1) is 23.5 Å². The van der Waals surface area contributed by atoms with E-state index in [0.717, 1.165) is 48.6 Å². The summed E-state index contributed by atoms with van der Waals surface area (Å²) in [5, 5.41) is 10.4. The van der Waals surface area contributed by atoms with E-state index in [1.807, 2.05) is 16.7 Å². The summed E-state index contributed by atoms with van der Waals surface area (Å²) in [5.41, 5.74) is 3.36. The number of nitrogens with zero attached hydrogens (tertiary/aromatic N) is 3. The number of aromatic nitrogens is 3. The molecule has 2 aromatic heterocycles. The quantitative estimate of drug-likeness (QED) is 0.181. The fraction of sp³-hybridized carbons (Fsp3) is 0.231. The van der Waals surface area contributed by atoms with Crippen LogP contribution < -0.4 is 9.47 Å². The molecule has 0 fully saturated rings. The van der Waals surface area contributed by atoms with Gasteiger partial charge in [0, 0.05) is 27.7 Å². The van der Waals surface area contributed by atoms with Crippen LogP contribution in [-0.4, -0.2) is 21.9 Å². The van der Waals surface area contributed by atoms with Crippen LogP contribution in [0.4, 0.5) is 13.2 Å². The minimum Gasteiger partial charge on any atom is -0.495 e. The Kier molecular flexibility index (Phi) is 6.85. The molecule has 10 heteroatoms. The summed E-state index contributed by atoms with van der Waals surface area (Å²) < 4.78 is 50.2. The highest BCUT2D eigenvalue weighted by atomic mass is 35.5. The van der Waals surface area contributed by atoms with Gasteiger partial charge in [0.1, 0.15) is 11.6 Å². The number of benzene rings is 2. The second-order valence-corrected chi connectivity index (χ2v) is 9.83. The number of imidazole rings is 1. The minimum atomic E-state index is -0.860. The van der Waals surface area contributed by atoms with Crippen molar-refractivity contribution < 1.29 is 27.8 Å². The number of hydrogen-bond acceptors (Lipinski definition) is 4. The zero-order valence-electron chi connectivity index (χ0n) is 19.2. The van der Waals surface area contributed by atoms with Crippen molar-refractivity contribution in [3.05, 3.63) is 99.8 Å². The first-order valence-electron chi connectivity index (χ1n) is 11.3. The van der Waals surface area contributed by atoms with E-state index in [-0.39, 0.29) is 23.1 Å². The van der Waals surface area contributed by atoms with Crippen LogP contribution in [0, 0.1) is 17.5 Å². The molecule has 1 aliphatic carbocycles. The highest BCUT2D eigenvalue weighted by molar-refractivity contribution is 7.98. The van der Waals surface area contributed by atoms with E-state index < -0.39 is 11.6 Å².